The Labute approximate surface area is 184 Å². The van der Waals surface area contributed by atoms with Crippen LogP contribution in [0.3, 0.4) is 0 Å². The van der Waals surface area contributed by atoms with Crippen molar-refractivity contribution in [1.82, 2.24) is 19.8 Å². The van der Waals surface area contributed by atoms with E-state index in [4.69, 9.17) is 4.74 Å². The van der Waals surface area contributed by atoms with Crippen molar-refractivity contribution in [3.63, 3.8) is 0 Å². The summed E-state index contributed by atoms with van der Waals surface area (Å²) < 4.78 is 6.29. The van der Waals surface area contributed by atoms with Gasteiger partial charge in [0.05, 0.1) is 11.8 Å². The average Bonchev–Trinajstić information content (AvgIpc) is 3.22. The van der Waals surface area contributed by atoms with E-state index >= 15 is 0 Å². The molecule has 1 N–H and O–H groups in total. The van der Waals surface area contributed by atoms with Crippen molar-refractivity contribution in [1.29, 1.82) is 0 Å². The van der Waals surface area contributed by atoms with Crippen LogP contribution in [0, 0.1) is 5.92 Å². The van der Waals surface area contributed by atoms with Gasteiger partial charge in [0.2, 0.25) is 11.8 Å². The van der Waals surface area contributed by atoms with Gasteiger partial charge in [0.25, 0.3) is 0 Å². The van der Waals surface area contributed by atoms with Crippen molar-refractivity contribution in [2.24, 2.45) is 5.92 Å². The number of ether oxygens (including phenoxy) is 1. The van der Waals surface area contributed by atoms with Gasteiger partial charge in [0.15, 0.2) is 5.13 Å². The van der Waals surface area contributed by atoms with Crippen LogP contribution >= 0.6 is 11.3 Å². The van der Waals surface area contributed by atoms with E-state index in [-0.39, 0.29) is 17.9 Å². The molecule has 0 radical (unpaired) electrons. The summed E-state index contributed by atoms with van der Waals surface area (Å²) >= 11 is 1.40. The van der Waals surface area contributed by atoms with E-state index in [2.05, 4.69) is 15.3 Å². The first-order valence-electron chi connectivity index (χ1n) is 10.1. The third-order valence-electron chi connectivity index (χ3n) is 5.45. The predicted octanol–water partition coefficient (Wildman–Crippen LogP) is 3.70. The fourth-order valence-corrected chi connectivity index (χ4v) is 4.76. The number of rotatable bonds is 4. The molecule has 0 aliphatic carbocycles. The molecule has 1 aliphatic heterocycles. The molecule has 31 heavy (non-hydrogen) atoms. The zero-order valence-electron chi connectivity index (χ0n) is 17.8. The predicted molar refractivity (Wildman–Crippen MR) is 121 cm³/mol. The van der Waals surface area contributed by atoms with Crippen LogP contribution in [-0.4, -0.2) is 66.0 Å². The summed E-state index contributed by atoms with van der Waals surface area (Å²) in [4.78, 5) is 37.3. The molecule has 2 aromatic heterocycles. The Morgan fingerprint density at radius 2 is 1.90 bits per heavy atom. The number of urea groups is 1. The maximum absolute atomic E-state index is 12.8. The quantitative estimate of drug-likeness (QED) is 0.670. The highest BCUT2D eigenvalue weighted by atomic mass is 32.1. The van der Waals surface area contributed by atoms with Crippen LogP contribution in [0.15, 0.2) is 36.5 Å². The van der Waals surface area contributed by atoms with Crippen LogP contribution in [0.1, 0.15) is 12.8 Å². The van der Waals surface area contributed by atoms with Gasteiger partial charge in [-0.25, -0.2) is 14.8 Å². The number of anilines is 1. The van der Waals surface area contributed by atoms with Crippen LogP contribution < -0.4 is 10.1 Å². The minimum absolute atomic E-state index is 0.0229. The summed E-state index contributed by atoms with van der Waals surface area (Å²) in [5.74, 6) is 0.527. The molecule has 0 bridgehead atoms. The van der Waals surface area contributed by atoms with Crippen LogP contribution in [-0.2, 0) is 4.79 Å². The lowest BCUT2D eigenvalue weighted by Crippen LogP contribution is -2.44. The van der Waals surface area contributed by atoms with Gasteiger partial charge in [-0.1, -0.05) is 41.7 Å². The van der Waals surface area contributed by atoms with Crippen LogP contribution in [0.25, 0.3) is 21.3 Å². The van der Waals surface area contributed by atoms with Gasteiger partial charge in [0, 0.05) is 44.9 Å². The van der Waals surface area contributed by atoms with E-state index < -0.39 is 0 Å². The van der Waals surface area contributed by atoms with E-state index in [1.54, 1.807) is 37.2 Å². The van der Waals surface area contributed by atoms with Crippen molar-refractivity contribution in [3.8, 4) is 17.0 Å². The fourth-order valence-electron chi connectivity index (χ4n) is 3.78. The minimum Gasteiger partial charge on any atom is -0.479 e. The lowest BCUT2D eigenvalue weighted by molar-refractivity contribution is -0.134. The van der Waals surface area contributed by atoms with E-state index in [0.29, 0.717) is 42.5 Å². The van der Waals surface area contributed by atoms with Crippen molar-refractivity contribution < 1.29 is 14.3 Å². The number of thiazole rings is 1. The van der Waals surface area contributed by atoms with Gasteiger partial charge >= 0.3 is 6.03 Å². The highest BCUT2D eigenvalue weighted by molar-refractivity contribution is 7.23. The molecule has 0 atom stereocenters. The van der Waals surface area contributed by atoms with Crippen molar-refractivity contribution in [2.75, 3.05) is 39.6 Å². The third-order valence-corrected chi connectivity index (χ3v) is 6.45. The number of carbonyl (C=O) groups is 2. The number of nitrogens with one attached hydrogen (secondary N) is 1. The Balaban J connectivity index is 1.53. The first kappa shape index (κ1) is 21.0. The molecule has 1 aliphatic rings. The number of methoxy groups -OCH3 is 1. The summed E-state index contributed by atoms with van der Waals surface area (Å²) in [5, 5.41) is 3.41. The van der Waals surface area contributed by atoms with E-state index in [1.165, 1.54) is 11.3 Å². The second kappa shape index (κ2) is 8.89. The van der Waals surface area contributed by atoms with E-state index in [9.17, 15) is 9.59 Å². The Morgan fingerprint density at radius 3 is 2.55 bits per heavy atom. The Bertz CT molecular complexity index is 1090. The zero-order valence-corrected chi connectivity index (χ0v) is 18.6. The normalized spacial score (nSPS) is 14.5. The molecule has 1 fully saturated rings. The van der Waals surface area contributed by atoms with Crippen LogP contribution in [0.4, 0.5) is 9.93 Å². The number of benzene rings is 1. The standard InChI is InChI=1S/C22H25N5O3S/c1-26(2)20(28)15-9-11-27(12-10-15)22(29)25-21-24-17-18(31-21)16(13-23-19(17)30-3)14-7-5-4-6-8-14/h4-8,13,15H,9-12H2,1-3H3,(H,24,25,29). The zero-order chi connectivity index (χ0) is 22.0. The molecule has 1 aromatic carbocycles. The summed E-state index contributed by atoms with van der Waals surface area (Å²) in [6, 6.07) is 9.73. The number of pyridine rings is 1. The lowest BCUT2D eigenvalue weighted by Gasteiger charge is -2.32. The van der Waals surface area contributed by atoms with Gasteiger partial charge in [-0.05, 0) is 18.4 Å². The number of hydrogen-bond donors (Lipinski definition) is 1. The highest BCUT2D eigenvalue weighted by Crippen LogP contribution is 2.38. The number of carbonyl (C=O) groups excluding carboxylic acids is 2. The Hall–Kier alpha value is -3.20. The van der Waals surface area contributed by atoms with Gasteiger partial charge < -0.3 is 14.5 Å². The number of hydrogen-bond acceptors (Lipinski definition) is 6. The molecule has 4 rings (SSSR count). The number of fused-ring (bicyclic) bond motifs is 1. The first-order valence-corrected chi connectivity index (χ1v) is 11.0. The van der Waals surface area contributed by atoms with E-state index in [1.807, 2.05) is 30.3 Å². The van der Waals surface area contributed by atoms with Crippen molar-refractivity contribution in [3.05, 3.63) is 36.5 Å². The first-order chi connectivity index (χ1) is 15.0. The molecule has 3 heterocycles. The number of piperidine rings is 1. The summed E-state index contributed by atoms with van der Waals surface area (Å²) in [7, 11) is 5.09. The minimum atomic E-state index is -0.206. The molecule has 3 aromatic rings. The monoisotopic (exact) mass is 439 g/mol. The van der Waals surface area contributed by atoms with Crippen LogP contribution in [0.2, 0.25) is 0 Å². The van der Waals surface area contributed by atoms with Gasteiger partial charge in [-0.3, -0.25) is 10.1 Å². The van der Waals surface area contributed by atoms with Crippen molar-refractivity contribution >= 4 is 38.6 Å². The number of aromatic nitrogens is 2. The fraction of sp³-hybridized carbons (Fsp3) is 0.364. The SMILES string of the molecule is COc1ncc(-c2ccccc2)c2sc(NC(=O)N3CCC(C(=O)N(C)C)CC3)nc12. The molecule has 0 spiro atoms. The average molecular weight is 440 g/mol. The maximum atomic E-state index is 12.8. The molecule has 9 heteroatoms. The van der Waals surface area contributed by atoms with Crippen molar-refractivity contribution in [2.45, 2.75) is 12.8 Å². The molecule has 162 valence electrons. The van der Waals surface area contributed by atoms with E-state index in [0.717, 1.165) is 15.8 Å². The third kappa shape index (κ3) is 4.32. The van der Waals surface area contributed by atoms with Gasteiger partial charge in [-0.2, -0.15) is 0 Å². The summed E-state index contributed by atoms with van der Waals surface area (Å²) in [5.41, 5.74) is 2.59. The smallest absolute Gasteiger partial charge is 0.323 e. The summed E-state index contributed by atoms with van der Waals surface area (Å²) in [6.07, 6.45) is 3.10. The Kier molecular flexibility index (Phi) is 6.03. The van der Waals surface area contributed by atoms with Gasteiger partial charge in [0.1, 0.15) is 5.52 Å². The molecule has 0 unspecified atom stereocenters. The summed E-state index contributed by atoms with van der Waals surface area (Å²) in [6.45, 7) is 1.09. The molecule has 1 saturated heterocycles. The second-order valence-electron chi connectivity index (χ2n) is 7.67. The molecular formula is C22H25N5O3S. The lowest BCUT2D eigenvalue weighted by atomic mass is 9.96. The second-order valence-corrected chi connectivity index (χ2v) is 8.67. The molecule has 3 amide bonds. The highest BCUT2D eigenvalue weighted by Gasteiger charge is 2.28. The maximum Gasteiger partial charge on any atom is 0.323 e. The number of amides is 3. The molecule has 0 saturated carbocycles. The topological polar surface area (TPSA) is 87.7 Å². The van der Waals surface area contributed by atoms with Crippen LogP contribution in [0.5, 0.6) is 5.88 Å². The largest absolute Gasteiger partial charge is 0.479 e. The molecular weight excluding hydrogens is 414 g/mol. The number of likely N-dealkylation sites (tertiary alicyclic amines) is 1. The van der Waals surface area contributed by atoms with Gasteiger partial charge in [-0.15, -0.1) is 0 Å². The Morgan fingerprint density at radius 1 is 1.19 bits per heavy atom. The number of nitrogens with zero attached hydrogens (tertiary/aromatic N) is 4. The molecule has 8 nitrogen and oxygen atoms in total.